The first kappa shape index (κ1) is 9.98. The van der Waals surface area contributed by atoms with Crippen molar-refractivity contribution in [3.63, 3.8) is 0 Å². The molecule has 0 saturated heterocycles. The van der Waals surface area contributed by atoms with Crippen LogP contribution in [0, 0.1) is 0 Å². The van der Waals surface area contributed by atoms with E-state index in [1.165, 1.54) is 0 Å². The summed E-state index contributed by atoms with van der Waals surface area (Å²) in [5.74, 6) is 0.0146. The van der Waals surface area contributed by atoms with Crippen LogP contribution in [0.4, 0.5) is 0 Å². The largest absolute Gasteiger partial charge is 0.497 e. The predicted molar refractivity (Wildman–Crippen MR) is 55.0 cm³/mol. The van der Waals surface area contributed by atoms with E-state index in [2.05, 4.69) is 5.32 Å². The summed E-state index contributed by atoms with van der Waals surface area (Å²) in [6, 6.07) is 5.28. The van der Waals surface area contributed by atoms with Gasteiger partial charge in [0.25, 0.3) is 0 Å². The summed E-state index contributed by atoms with van der Waals surface area (Å²) in [7, 11) is 1.62. The third-order valence-corrected chi connectivity index (χ3v) is 2.67. The summed E-state index contributed by atoms with van der Waals surface area (Å²) in [6.07, 6.45) is 0.536. The van der Waals surface area contributed by atoms with Crippen LogP contribution in [-0.4, -0.2) is 24.2 Å². The van der Waals surface area contributed by atoms with Crippen LogP contribution in [0.5, 0.6) is 5.75 Å². The molecule has 1 aliphatic heterocycles. The van der Waals surface area contributed by atoms with Crippen molar-refractivity contribution in [3.05, 3.63) is 29.3 Å². The van der Waals surface area contributed by atoms with Gasteiger partial charge in [0.05, 0.1) is 7.11 Å². The van der Waals surface area contributed by atoms with Gasteiger partial charge in [0.15, 0.2) is 0 Å². The molecule has 4 heteroatoms. The summed E-state index contributed by atoms with van der Waals surface area (Å²) in [5, 5.41) is 11.8. The van der Waals surface area contributed by atoms with Crippen molar-refractivity contribution in [1.82, 2.24) is 5.32 Å². The van der Waals surface area contributed by atoms with E-state index in [0.717, 1.165) is 16.9 Å². The minimum atomic E-state index is -0.795. The molecule has 0 unspecified atom stereocenters. The van der Waals surface area contributed by atoms with E-state index in [1.54, 1.807) is 7.11 Å². The van der Waals surface area contributed by atoms with Gasteiger partial charge < -0.3 is 15.2 Å². The standard InChI is InChI=1S/C11H13NO3/c1-15-9-3-2-7-5-10(11(13)14)12-6-8(7)4-9/h2-4,10,12H,5-6H2,1H3,(H,13,14)/t10-/m1/s1. The molecule has 4 nitrogen and oxygen atoms in total. The second-order valence-electron chi connectivity index (χ2n) is 3.61. The number of fused-ring (bicyclic) bond motifs is 1. The maximum atomic E-state index is 10.8. The fourth-order valence-corrected chi connectivity index (χ4v) is 1.79. The minimum absolute atomic E-state index is 0.467. The second-order valence-corrected chi connectivity index (χ2v) is 3.61. The number of hydrogen-bond donors (Lipinski definition) is 2. The van der Waals surface area contributed by atoms with Crippen molar-refractivity contribution in [2.24, 2.45) is 0 Å². The Morgan fingerprint density at radius 1 is 1.53 bits per heavy atom. The van der Waals surface area contributed by atoms with E-state index in [9.17, 15) is 4.79 Å². The highest BCUT2D eigenvalue weighted by Gasteiger charge is 2.23. The van der Waals surface area contributed by atoms with Crippen molar-refractivity contribution in [1.29, 1.82) is 0 Å². The Bertz CT molecular complexity index is 389. The molecule has 1 aliphatic rings. The zero-order valence-electron chi connectivity index (χ0n) is 8.49. The van der Waals surface area contributed by atoms with E-state index in [4.69, 9.17) is 9.84 Å². The fourth-order valence-electron chi connectivity index (χ4n) is 1.79. The van der Waals surface area contributed by atoms with E-state index >= 15 is 0 Å². The number of nitrogens with one attached hydrogen (secondary N) is 1. The maximum Gasteiger partial charge on any atom is 0.321 e. The fraction of sp³-hybridized carbons (Fsp3) is 0.364. The lowest BCUT2D eigenvalue weighted by Gasteiger charge is -2.23. The van der Waals surface area contributed by atoms with E-state index in [1.807, 2.05) is 18.2 Å². The number of aliphatic carboxylic acids is 1. The van der Waals surface area contributed by atoms with Crippen molar-refractivity contribution in [2.45, 2.75) is 19.0 Å². The van der Waals surface area contributed by atoms with Crippen LogP contribution in [0.1, 0.15) is 11.1 Å². The topological polar surface area (TPSA) is 58.6 Å². The monoisotopic (exact) mass is 207 g/mol. The number of ether oxygens (including phenoxy) is 1. The number of methoxy groups -OCH3 is 1. The normalized spacial score (nSPS) is 19.4. The summed E-state index contributed by atoms with van der Waals surface area (Å²) in [4.78, 5) is 10.8. The average molecular weight is 207 g/mol. The Balaban J connectivity index is 2.24. The van der Waals surface area contributed by atoms with Crippen LogP contribution in [0.3, 0.4) is 0 Å². The van der Waals surface area contributed by atoms with Gasteiger partial charge in [-0.15, -0.1) is 0 Å². The minimum Gasteiger partial charge on any atom is -0.497 e. The summed E-state index contributed by atoms with van der Waals surface area (Å²) in [6.45, 7) is 0.587. The molecule has 0 aliphatic carbocycles. The van der Waals surface area contributed by atoms with Gasteiger partial charge >= 0.3 is 5.97 Å². The Labute approximate surface area is 87.9 Å². The van der Waals surface area contributed by atoms with Gasteiger partial charge in [-0.2, -0.15) is 0 Å². The Morgan fingerprint density at radius 2 is 2.33 bits per heavy atom. The van der Waals surface area contributed by atoms with Gasteiger partial charge in [-0.25, -0.2) is 0 Å². The van der Waals surface area contributed by atoms with Gasteiger partial charge in [0.2, 0.25) is 0 Å². The molecule has 0 spiro atoms. The molecular weight excluding hydrogens is 194 g/mol. The number of carbonyl (C=O) groups is 1. The van der Waals surface area contributed by atoms with Crippen LogP contribution in [0.15, 0.2) is 18.2 Å². The molecule has 0 amide bonds. The Hall–Kier alpha value is -1.55. The van der Waals surface area contributed by atoms with Crippen molar-refractivity contribution in [3.8, 4) is 5.75 Å². The molecule has 1 aromatic carbocycles. The third kappa shape index (κ3) is 1.94. The summed E-state index contributed by atoms with van der Waals surface area (Å²) < 4.78 is 5.11. The predicted octanol–water partition coefficient (Wildman–Crippen LogP) is 0.794. The first-order valence-corrected chi connectivity index (χ1v) is 4.82. The first-order chi connectivity index (χ1) is 7.20. The van der Waals surface area contributed by atoms with E-state index < -0.39 is 12.0 Å². The average Bonchev–Trinajstić information content (AvgIpc) is 2.27. The molecule has 0 bridgehead atoms. The molecule has 0 aromatic heterocycles. The third-order valence-electron chi connectivity index (χ3n) is 2.67. The number of rotatable bonds is 2. The second kappa shape index (κ2) is 3.90. The molecule has 0 fully saturated rings. The lowest BCUT2D eigenvalue weighted by atomic mass is 9.96. The van der Waals surface area contributed by atoms with Gasteiger partial charge in [0, 0.05) is 6.54 Å². The van der Waals surface area contributed by atoms with Gasteiger partial charge in [-0.3, -0.25) is 4.79 Å². The summed E-state index contributed by atoms with van der Waals surface area (Å²) >= 11 is 0. The Morgan fingerprint density at radius 3 is 3.00 bits per heavy atom. The van der Waals surface area contributed by atoms with Crippen LogP contribution >= 0.6 is 0 Å². The SMILES string of the molecule is COc1ccc2c(c1)CN[C@@H](C(=O)O)C2. The smallest absolute Gasteiger partial charge is 0.321 e. The molecule has 0 saturated carbocycles. The zero-order valence-corrected chi connectivity index (χ0v) is 8.49. The van der Waals surface area contributed by atoms with Gasteiger partial charge in [0.1, 0.15) is 11.8 Å². The Kier molecular flexibility index (Phi) is 2.60. The number of carboxylic acid groups (broad SMARTS) is 1. The quantitative estimate of drug-likeness (QED) is 0.753. The number of hydrogen-bond acceptors (Lipinski definition) is 3. The lowest BCUT2D eigenvalue weighted by Crippen LogP contribution is -2.41. The molecule has 2 rings (SSSR count). The molecule has 0 radical (unpaired) electrons. The van der Waals surface area contributed by atoms with Gasteiger partial charge in [-0.05, 0) is 29.7 Å². The maximum absolute atomic E-state index is 10.8. The van der Waals surface area contributed by atoms with Crippen molar-refractivity contribution >= 4 is 5.97 Å². The highest BCUT2D eigenvalue weighted by molar-refractivity contribution is 5.74. The lowest BCUT2D eigenvalue weighted by molar-refractivity contribution is -0.139. The molecular formula is C11H13NO3. The van der Waals surface area contributed by atoms with Gasteiger partial charge in [-0.1, -0.05) is 6.07 Å². The summed E-state index contributed by atoms with van der Waals surface area (Å²) in [5.41, 5.74) is 2.20. The van der Waals surface area contributed by atoms with Crippen LogP contribution in [0.2, 0.25) is 0 Å². The van der Waals surface area contributed by atoms with E-state index in [0.29, 0.717) is 13.0 Å². The molecule has 2 N–H and O–H groups in total. The first-order valence-electron chi connectivity index (χ1n) is 4.82. The highest BCUT2D eigenvalue weighted by atomic mass is 16.5. The van der Waals surface area contributed by atoms with E-state index in [-0.39, 0.29) is 0 Å². The molecule has 80 valence electrons. The van der Waals surface area contributed by atoms with Crippen molar-refractivity contribution < 1.29 is 14.6 Å². The molecule has 1 aromatic rings. The van der Waals surface area contributed by atoms with Crippen LogP contribution < -0.4 is 10.1 Å². The number of benzene rings is 1. The molecule has 1 heterocycles. The van der Waals surface area contributed by atoms with Crippen LogP contribution in [-0.2, 0) is 17.8 Å². The zero-order chi connectivity index (χ0) is 10.8. The number of carboxylic acids is 1. The molecule has 1 atom stereocenters. The van der Waals surface area contributed by atoms with Crippen molar-refractivity contribution in [2.75, 3.05) is 7.11 Å². The molecule has 15 heavy (non-hydrogen) atoms. The van der Waals surface area contributed by atoms with Crippen LogP contribution in [0.25, 0.3) is 0 Å². The highest BCUT2D eigenvalue weighted by Crippen LogP contribution is 2.22.